The number of quaternary nitrogens is 1. The molecule has 36 heavy (non-hydrogen) atoms. The van der Waals surface area contributed by atoms with Gasteiger partial charge in [-0.3, -0.25) is 4.79 Å². The molecule has 0 fully saturated rings. The lowest BCUT2D eigenvalue weighted by Crippen LogP contribution is -2.68. The molecule has 2 rings (SSSR count). The Labute approximate surface area is 215 Å². The van der Waals surface area contributed by atoms with Crippen LogP contribution in [0.2, 0.25) is 0 Å². The SMILES string of the molecule is CCC[N+](CCC)(C(Cc1ccc(F)c(C)c1)C(O)CNCc1ccccc1)S(=O)(=O)NC(=O)CC. The molecule has 2 aromatic rings. The van der Waals surface area contributed by atoms with Crippen molar-refractivity contribution in [3.8, 4) is 0 Å². The Morgan fingerprint density at radius 1 is 1.03 bits per heavy atom. The number of aryl methyl sites for hydroxylation is 1. The molecule has 0 bridgehead atoms. The zero-order valence-electron chi connectivity index (χ0n) is 21.8. The van der Waals surface area contributed by atoms with Crippen LogP contribution in [0.5, 0.6) is 0 Å². The van der Waals surface area contributed by atoms with Gasteiger partial charge in [0.2, 0.25) is 5.91 Å². The third kappa shape index (κ3) is 7.59. The van der Waals surface area contributed by atoms with E-state index in [1.807, 2.05) is 44.2 Å². The highest BCUT2D eigenvalue weighted by Gasteiger charge is 2.51. The number of hydrogen-bond acceptors (Lipinski definition) is 5. The molecule has 0 aromatic heterocycles. The lowest BCUT2D eigenvalue weighted by atomic mass is 9.97. The van der Waals surface area contributed by atoms with E-state index in [1.54, 1.807) is 26.0 Å². The fourth-order valence-corrected chi connectivity index (χ4v) is 6.74. The number of carbonyl (C=O) groups is 1. The van der Waals surface area contributed by atoms with Gasteiger partial charge in [-0.15, -0.1) is 0 Å². The number of aliphatic hydroxyl groups is 1. The summed E-state index contributed by atoms with van der Waals surface area (Å²) in [7, 11) is -4.20. The van der Waals surface area contributed by atoms with Gasteiger partial charge in [-0.05, 0) is 42.5 Å². The molecule has 7 nitrogen and oxygen atoms in total. The van der Waals surface area contributed by atoms with Gasteiger partial charge in [0, 0.05) is 25.9 Å². The van der Waals surface area contributed by atoms with Crippen LogP contribution in [0, 0.1) is 12.7 Å². The molecule has 200 valence electrons. The summed E-state index contributed by atoms with van der Waals surface area (Å²) in [4.78, 5) is 12.2. The number of halogens is 1. The largest absolute Gasteiger partial charge is 0.396 e. The summed E-state index contributed by atoms with van der Waals surface area (Å²) in [6.45, 7) is 8.15. The van der Waals surface area contributed by atoms with Gasteiger partial charge in [0.15, 0.2) is 0 Å². The van der Waals surface area contributed by atoms with Crippen molar-refractivity contribution < 1.29 is 26.6 Å². The molecule has 0 heterocycles. The third-order valence-corrected chi connectivity index (χ3v) is 8.57. The van der Waals surface area contributed by atoms with Crippen molar-refractivity contribution in [2.24, 2.45) is 0 Å². The van der Waals surface area contributed by atoms with Crippen molar-refractivity contribution in [2.75, 3.05) is 19.6 Å². The Balaban J connectivity index is 2.50. The van der Waals surface area contributed by atoms with E-state index in [1.165, 1.54) is 6.07 Å². The van der Waals surface area contributed by atoms with Crippen LogP contribution in [0.15, 0.2) is 48.5 Å². The van der Waals surface area contributed by atoms with Gasteiger partial charge in [0.25, 0.3) is 0 Å². The average molecular weight is 523 g/mol. The molecule has 2 unspecified atom stereocenters. The Kier molecular flexibility index (Phi) is 11.5. The summed E-state index contributed by atoms with van der Waals surface area (Å²) in [5.41, 5.74) is 2.23. The summed E-state index contributed by atoms with van der Waals surface area (Å²) in [6, 6.07) is 13.6. The van der Waals surface area contributed by atoms with Crippen LogP contribution in [0.4, 0.5) is 4.39 Å². The number of rotatable bonds is 15. The molecule has 9 heteroatoms. The van der Waals surface area contributed by atoms with Gasteiger partial charge in [0.1, 0.15) is 18.0 Å². The number of amides is 1. The summed E-state index contributed by atoms with van der Waals surface area (Å²) < 4.78 is 43.3. The first-order valence-electron chi connectivity index (χ1n) is 12.7. The Hall–Kier alpha value is -2.33. The smallest absolute Gasteiger partial charge is 0.386 e. The minimum Gasteiger partial charge on any atom is -0.386 e. The van der Waals surface area contributed by atoms with Crippen LogP contribution in [-0.4, -0.2) is 55.1 Å². The first kappa shape index (κ1) is 29.9. The number of benzene rings is 2. The zero-order valence-corrected chi connectivity index (χ0v) is 22.7. The van der Waals surface area contributed by atoms with Gasteiger partial charge in [-0.1, -0.05) is 63.2 Å². The minimum atomic E-state index is -4.20. The normalized spacial score (nSPS) is 13.8. The number of nitrogens with one attached hydrogen (secondary N) is 2. The Morgan fingerprint density at radius 2 is 1.67 bits per heavy atom. The van der Waals surface area contributed by atoms with Crippen LogP contribution in [0.1, 0.15) is 56.7 Å². The summed E-state index contributed by atoms with van der Waals surface area (Å²) >= 11 is 0. The average Bonchev–Trinajstić information content (AvgIpc) is 2.84. The van der Waals surface area contributed by atoms with Gasteiger partial charge in [0.05, 0.1) is 13.1 Å². The Bertz CT molecular complexity index is 1070. The monoisotopic (exact) mass is 522 g/mol. The van der Waals surface area contributed by atoms with Crippen LogP contribution < -0.4 is 10.0 Å². The quantitative estimate of drug-likeness (QED) is 0.311. The number of carbonyl (C=O) groups excluding carboxylic acids is 1. The zero-order chi connectivity index (χ0) is 26.8. The first-order valence-corrected chi connectivity index (χ1v) is 14.1. The second-order valence-corrected chi connectivity index (χ2v) is 11.2. The molecule has 0 aliphatic rings. The highest BCUT2D eigenvalue weighted by atomic mass is 32.2. The molecule has 0 aliphatic carbocycles. The van der Waals surface area contributed by atoms with Crippen LogP contribution in [0.3, 0.4) is 0 Å². The third-order valence-electron chi connectivity index (χ3n) is 6.49. The molecule has 3 N–H and O–H groups in total. The van der Waals surface area contributed by atoms with Crippen molar-refractivity contribution >= 4 is 16.1 Å². The topological polar surface area (TPSA) is 95.5 Å². The Morgan fingerprint density at radius 3 is 2.22 bits per heavy atom. The molecular weight excluding hydrogens is 481 g/mol. The van der Waals surface area contributed by atoms with Crippen molar-refractivity contribution in [1.82, 2.24) is 10.0 Å². The van der Waals surface area contributed by atoms with Crippen molar-refractivity contribution in [3.05, 3.63) is 71.0 Å². The van der Waals surface area contributed by atoms with Crippen molar-refractivity contribution in [2.45, 2.75) is 72.1 Å². The van der Waals surface area contributed by atoms with Gasteiger partial charge in [-0.25, -0.2) is 9.11 Å². The minimum absolute atomic E-state index is 0.0283. The maximum absolute atomic E-state index is 14.0. The van der Waals surface area contributed by atoms with E-state index in [4.69, 9.17) is 0 Å². The molecule has 2 atom stereocenters. The predicted octanol–water partition coefficient (Wildman–Crippen LogP) is 3.60. The fraction of sp³-hybridized carbons (Fsp3) is 0.519. The first-order chi connectivity index (χ1) is 17.1. The predicted molar refractivity (Wildman–Crippen MR) is 141 cm³/mol. The van der Waals surface area contributed by atoms with Crippen LogP contribution >= 0.6 is 0 Å². The maximum Gasteiger partial charge on any atom is 0.396 e. The second kappa shape index (κ2) is 13.8. The van der Waals surface area contributed by atoms with Crippen molar-refractivity contribution in [3.63, 3.8) is 0 Å². The molecule has 0 spiro atoms. The standard InChI is InChI=1S/C27H40FN3O4S/c1-5-15-31(16-6-2,36(34,35)30-27(33)7-3)25(18-23-13-14-24(28)21(4)17-23)26(32)20-29-19-22-11-9-8-10-12-22/h8-14,17,25-26,29,32H,5-7,15-16,18-20H2,1-4H3/p+1. The highest BCUT2D eigenvalue weighted by Crippen LogP contribution is 2.28. The maximum atomic E-state index is 14.0. The van der Waals surface area contributed by atoms with E-state index in [-0.39, 0.29) is 38.3 Å². The number of aliphatic hydroxyl groups excluding tert-OH is 1. The molecule has 0 saturated heterocycles. The van der Waals surface area contributed by atoms with E-state index in [9.17, 15) is 22.7 Å². The molecule has 2 aromatic carbocycles. The van der Waals surface area contributed by atoms with E-state index in [0.717, 1.165) is 11.1 Å². The van der Waals surface area contributed by atoms with Gasteiger partial charge < -0.3 is 10.4 Å². The van der Waals surface area contributed by atoms with E-state index >= 15 is 0 Å². The summed E-state index contributed by atoms with van der Waals surface area (Å²) in [5.74, 6) is -0.927. The molecular formula is C27H41FN3O4S+. The molecule has 0 saturated carbocycles. The lowest BCUT2D eigenvalue weighted by Gasteiger charge is -2.44. The van der Waals surface area contributed by atoms with Crippen molar-refractivity contribution in [1.29, 1.82) is 0 Å². The fourth-order valence-electron chi connectivity index (χ4n) is 4.71. The molecule has 1 amide bonds. The van der Waals surface area contributed by atoms with Gasteiger partial charge >= 0.3 is 10.2 Å². The number of nitrogens with zero attached hydrogens (tertiary/aromatic N) is 1. The van der Waals surface area contributed by atoms with E-state index < -0.39 is 32.2 Å². The molecule has 0 aliphatic heterocycles. The lowest BCUT2D eigenvalue weighted by molar-refractivity contribution is -0.838. The van der Waals surface area contributed by atoms with Crippen LogP contribution in [0.25, 0.3) is 0 Å². The highest BCUT2D eigenvalue weighted by molar-refractivity contribution is 7.84. The number of hydrogen-bond donors (Lipinski definition) is 3. The summed E-state index contributed by atoms with van der Waals surface area (Å²) in [6.07, 6.45) is 0.247. The summed E-state index contributed by atoms with van der Waals surface area (Å²) in [5, 5.41) is 14.7. The van der Waals surface area contributed by atoms with Gasteiger partial charge in [-0.2, -0.15) is 12.3 Å². The van der Waals surface area contributed by atoms with E-state index in [2.05, 4.69) is 10.0 Å². The van der Waals surface area contributed by atoms with Crippen LogP contribution in [-0.2, 0) is 28.0 Å². The van der Waals surface area contributed by atoms with E-state index in [0.29, 0.717) is 24.9 Å². The molecule has 0 radical (unpaired) electrons. The second-order valence-electron chi connectivity index (χ2n) is 9.29.